The summed E-state index contributed by atoms with van der Waals surface area (Å²) in [4.78, 5) is 11.8. The summed E-state index contributed by atoms with van der Waals surface area (Å²) < 4.78 is 23.8. The highest BCUT2D eigenvalue weighted by Crippen LogP contribution is 2.24. The summed E-state index contributed by atoms with van der Waals surface area (Å²) in [7, 11) is 0. The number of benzene rings is 2. The highest BCUT2D eigenvalue weighted by molar-refractivity contribution is 5.83. The van der Waals surface area contributed by atoms with Crippen LogP contribution in [0.5, 0.6) is 5.75 Å². The third-order valence-electron chi connectivity index (χ3n) is 3.73. The van der Waals surface area contributed by atoms with Crippen molar-refractivity contribution in [2.24, 2.45) is 0 Å². The molecule has 1 aromatic heterocycles. The fourth-order valence-corrected chi connectivity index (χ4v) is 2.34. The first-order chi connectivity index (χ1) is 10.5. The second-order valence-corrected chi connectivity index (χ2v) is 5.22. The summed E-state index contributed by atoms with van der Waals surface area (Å²) in [6.45, 7) is 4.11. The fourth-order valence-electron chi connectivity index (χ4n) is 2.34. The van der Waals surface area contributed by atoms with Crippen molar-refractivity contribution in [1.29, 1.82) is 0 Å². The van der Waals surface area contributed by atoms with E-state index in [0.29, 0.717) is 11.3 Å². The Kier molecular flexibility index (Phi) is 3.67. The van der Waals surface area contributed by atoms with Gasteiger partial charge in [0.15, 0.2) is 0 Å². The normalized spacial score (nSPS) is 10.9. The van der Waals surface area contributed by atoms with E-state index >= 15 is 0 Å². The largest absolute Gasteiger partial charge is 0.489 e. The maximum atomic E-state index is 12.9. The molecule has 2 aromatic carbocycles. The maximum absolute atomic E-state index is 12.9. The first-order valence-electron chi connectivity index (χ1n) is 6.96. The minimum atomic E-state index is -0.404. The minimum Gasteiger partial charge on any atom is -0.489 e. The molecule has 1 heterocycles. The van der Waals surface area contributed by atoms with Crippen molar-refractivity contribution < 1.29 is 13.5 Å². The molecule has 0 radical (unpaired) electrons. The van der Waals surface area contributed by atoms with Gasteiger partial charge < -0.3 is 9.15 Å². The quantitative estimate of drug-likeness (QED) is 0.683. The molecular weight excluding hydrogens is 283 g/mol. The molecule has 0 aliphatic heterocycles. The molecule has 0 atom stereocenters. The zero-order valence-corrected chi connectivity index (χ0v) is 12.4. The molecule has 3 aromatic rings. The van der Waals surface area contributed by atoms with Crippen LogP contribution in [0.25, 0.3) is 11.0 Å². The number of hydrogen-bond donors (Lipinski definition) is 0. The van der Waals surface area contributed by atoms with E-state index in [1.807, 2.05) is 26.0 Å². The second-order valence-electron chi connectivity index (χ2n) is 5.22. The lowest BCUT2D eigenvalue weighted by Gasteiger charge is -2.10. The van der Waals surface area contributed by atoms with Gasteiger partial charge in [0.25, 0.3) is 0 Å². The fraction of sp³-hybridized carbons (Fsp3) is 0.167. The van der Waals surface area contributed by atoms with Gasteiger partial charge in [0.1, 0.15) is 23.8 Å². The van der Waals surface area contributed by atoms with E-state index in [-0.39, 0.29) is 12.4 Å². The van der Waals surface area contributed by atoms with Gasteiger partial charge in [-0.15, -0.1) is 0 Å². The zero-order chi connectivity index (χ0) is 15.7. The van der Waals surface area contributed by atoms with E-state index in [9.17, 15) is 9.18 Å². The van der Waals surface area contributed by atoms with Crippen LogP contribution in [0.15, 0.2) is 51.7 Å². The molecule has 0 fully saturated rings. The van der Waals surface area contributed by atoms with Gasteiger partial charge in [-0.05, 0) is 49.2 Å². The number of halogens is 1. The van der Waals surface area contributed by atoms with E-state index in [2.05, 4.69) is 0 Å². The summed E-state index contributed by atoms with van der Waals surface area (Å²) >= 11 is 0. The number of aryl methyl sites for hydroxylation is 2. The smallest absolute Gasteiger partial charge is 0.336 e. The predicted molar refractivity (Wildman–Crippen MR) is 82.7 cm³/mol. The average Bonchev–Trinajstić information content (AvgIpc) is 2.50. The first-order valence-corrected chi connectivity index (χ1v) is 6.96. The summed E-state index contributed by atoms with van der Waals surface area (Å²) in [5.74, 6) is 0.232. The van der Waals surface area contributed by atoms with Crippen LogP contribution in [0.4, 0.5) is 4.39 Å². The summed E-state index contributed by atoms with van der Waals surface area (Å²) in [5, 5.41) is 0.852. The average molecular weight is 298 g/mol. The van der Waals surface area contributed by atoms with Crippen LogP contribution in [-0.4, -0.2) is 0 Å². The molecule has 22 heavy (non-hydrogen) atoms. The third kappa shape index (κ3) is 2.72. The highest BCUT2D eigenvalue weighted by atomic mass is 19.1. The van der Waals surface area contributed by atoms with Gasteiger partial charge in [0, 0.05) is 17.0 Å². The van der Waals surface area contributed by atoms with Crippen LogP contribution in [0.3, 0.4) is 0 Å². The topological polar surface area (TPSA) is 39.4 Å². The van der Waals surface area contributed by atoms with Crippen LogP contribution in [0.1, 0.15) is 16.7 Å². The van der Waals surface area contributed by atoms with E-state index < -0.39 is 5.63 Å². The number of fused-ring (bicyclic) bond motifs is 1. The Hall–Kier alpha value is -2.62. The van der Waals surface area contributed by atoms with E-state index in [1.54, 1.807) is 12.1 Å². The molecule has 3 rings (SSSR count). The lowest BCUT2D eigenvalue weighted by Crippen LogP contribution is -2.05. The Morgan fingerprint density at radius 3 is 2.55 bits per heavy atom. The van der Waals surface area contributed by atoms with Crippen molar-refractivity contribution in [3.63, 3.8) is 0 Å². The maximum Gasteiger partial charge on any atom is 0.336 e. The molecule has 0 bridgehead atoms. The van der Waals surface area contributed by atoms with Gasteiger partial charge in [0.2, 0.25) is 0 Å². The Balaban J connectivity index is 1.98. The van der Waals surface area contributed by atoms with E-state index in [4.69, 9.17) is 9.15 Å². The van der Waals surface area contributed by atoms with Gasteiger partial charge in [0.05, 0.1) is 0 Å². The Morgan fingerprint density at radius 2 is 1.82 bits per heavy atom. The zero-order valence-electron chi connectivity index (χ0n) is 12.4. The van der Waals surface area contributed by atoms with Gasteiger partial charge >= 0.3 is 5.63 Å². The molecule has 0 aliphatic rings. The summed E-state index contributed by atoms with van der Waals surface area (Å²) in [6.07, 6.45) is 0. The lowest BCUT2D eigenvalue weighted by molar-refractivity contribution is 0.306. The van der Waals surface area contributed by atoms with Crippen molar-refractivity contribution >= 4 is 11.0 Å². The molecule has 0 unspecified atom stereocenters. The molecule has 112 valence electrons. The van der Waals surface area contributed by atoms with Crippen molar-refractivity contribution in [2.75, 3.05) is 0 Å². The minimum absolute atomic E-state index is 0.218. The molecule has 0 aliphatic carbocycles. The Labute approximate surface area is 127 Å². The molecule has 0 saturated heterocycles. The van der Waals surface area contributed by atoms with E-state index in [1.165, 1.54) is 18.2 Å². The van der Waals surface area contributed by atoms with Gasteiger partial charge in [-0.25, -0.2) is 9.18 Å². The molecular formula is C18H15FO3. The van der Waals surface area contributed by atoms with Crippen molar-refractivity contribution in [1.82, 2.24) is 0 Å². The van der Waals surface area contributed by atoms with Crippen LogP contribution >= 0.6 is 0 Å². The lowest BCUT2D eigenvalue weighted by atomic mass is 10.0. The SMILES string of the molecule is Cc1ccc2c(COc3ccc(F)cc3)cc(=O)oc2c1C. The van der Waals surface area contributed by atoms with Crippen LogP contribution < -0.4 is 10.4 Å². The standard InChI is InChI=1S/C18H15FO3/c1-11-3-8-16-13(9-17(20)22-18(16)12(11)2)10-21-15-6-4-14(19)5-7-15/h3-9H,10H2,1-2H3. The second kappa shape index (κ2) is 5.64. The molecule has 0 N–H and O–H groups in total. The Morgan fingerprint density at radius 1 is 1.09 bits per heavy atom. The van der Waals surface area contributed by atoms with Crippen LogP contribution in [-0.2, 0) is 6.61 Å². The third-order valence-corrected chi connectivity index (χ3v) is 3.73. The van der Waals surface area contributed by atoms with Gasteiger partial charge in [-0.1, -0.05) is 12.1 Å². The van der Waals surface area contributed by atoms with Crippen LogP contribution in [0.2, 0.25) is 0 Å². The van der Waals surface area contributed by atoms with Crippen molar-refractivity contribution in [3.8, 4) is 5.75 Å². The molecule has 0 saturated carbocycles. The summed E-state index contributed by atoms with van der Waals surface area (Å²) in [6, 6.07) is 11.1. The van der Waals surface area contributed by atoms with Crippen molar-refractivity contribution in [3.05, 3.63) is 75.4 Å². The van der Waals surface area contributed by atoms with Gasteiger partial charge in [-0.2, -0.15) is 0 Å². The molecule has 0 amide bonds. The predicted octanol–water partition coefficient (Wildman–Crippen LogP) is 4.13. The summed E-state index contributed by atoms with van der Waals surface area (Å²) in [5.41, 5.74) is 2.94. The van der Waals surface area contributed by atoms with Gasteiger partial charge in [-0.3, -0.25) is 0 Å². The first kappa shape index (κ1) is 14.3. The number of hydrogen-bond acceptors (Lipinski definition) is 3. The van der Waals surface area contributed by atoms with Crippen LogP contribution in [0, 0.1) is 19.7 Å². The van der Waals surface area contributed by atoms with Crippen molar-refractivity contribution in [2.45, 2.75) is 20.5 Å². The number of rotatable bonds is 3. The molecule has 4 heteroatoms. The molecule has 0 spiro atoms. The monoisotopic (exact) mass is 298 g/mol. The van der Waals surface area contributed by atoms with E-state index in [0.717, 1.165) is 22.1 Å². The highest BCUT2D eigenvalue weighted by Gasteiger charge is 2.10. The number of ether oxygens (including phenoxy) is 1. The molecule has 3 nitrogen and oxygen atoms in total. The Bertz CT molecular complexity index is 879.